The summed E-state index contributed by atoms with van der Waals surface area (Å²) >= 11 is 0. The van der Waals surface area contributed by atoms with Crippen LogP contribution in [0.25, 0.3) is 5.69 Å². The van der Waals surface area contributed by atoms with Crippen molar-refractivity contribution in [2.75, 3.05) is 0 Å². The lowest BCUT2D eigenvalue weighted by atomic mass is 10.1. The molecule has 0 saturated heterocycles. The number of hydrogen-bond donors (Lipinski definition) is 1. The van der Waals surface area contributed by atoms with Crippen molar-refractivity contribution < 1.29 is 0 Å². The van der Waals surface area contributed by atoms with Crippen molar-refractivity contribution in [2.24, 2.45) is 5.73 Å². The van der Waals surface area contributed by atoms with Crippen LogP contribution in [0.1, 0.15) is 44.0 Å². The predicted octanol–water partition coefficient (Wildman–Crippen LogP) is 2.63. The van der Waals surface area contributed by atoms with Crippen LogP contribution in [0.3, 0.4) is 0 Å². The van der Waals surface area contributed by atoms with Crippen molar-refractivity contribution in [3.8, 4) is 5.69 Å². The predicted molar refractivity (Wildman–Crippen MR) is 72.6 cm³/mol. The van der Waals surface area contributed by atoms with Crippen LogP contribution in [0.4, 0.5) is 0 Å². The second kappa shape index (κ2) is 5.78. The van der Waals surface area contributed by atoms with Crippen molar-refractivity contribution in [2.45, 2.75) is 39.2 Å². The Morgan fingerprint density at radius 1 is 1.33 bits per heavy atom. The Balaban J connectivity index is 2.23. The summed E-state index contributed by atoms with van der Waals surface area (Å²) in [5.41, 5.74) is 9.23. The summed E-state index contributed by atoms with van der Waals surface area (Å²) < 4.78 is 1.80. The molecule has 0 spiro atoms. The largest absolute Gasteiger partial charge is 0.323 e. The Labute approximate surface area is 108 Å². The first-order valence-electron chi connectivity index (χ1n) is 6.51. The molecule has 1 aromatic carbocycles. The van der Waals surface area contributed by atoms with E-state index >= 15 is 0 Å². The molecule has 4 nitrogen and oxygen atoms in total. The third-order valence-corrected chi connectivity index (χ3v) is 3.07. The van der Waals surface area contributed by atoms with Gasteiger partial charge in [0.15, 0.2) is 0 Å². The van der Waals surface area contributed by atoms with Gasteiger partial charge in [0.2, 0.25) is 0 Å². The zero-order valence-corrected chi connectivity index (χ0v) is 11.0. The lowest BCUT2D eigenvalue weighted by Crippen LogP contribution is -2.10. The van der Waals surface area contributed by atoms with Gasteiger partial charge in [-0.15, -0.1) is 5.10 Å². The van der Waals surface area contributed by atoms with E-state index in [1.807, 2.05) is 18.3 Å². The van der Waals surface area contributed by atoms with Gasteiger partial charge in [-0.25, -0.2) is 4.68 Å². The molecule has 96 valence electrons. The van der Waals surface area contributed by atoms with Gasteiger partial charge in [-0.2, -0.15) is 0 Å². The first kappa shape index (κ1) is 12.8. The van der Waals surface area contributed by atoms with E-state index in [1.54, 1.807) is 4.68 Å². The average Bonchev–Trinajstić information content (AvgIpc) is 2.89. The van der Waals surface area contributed by atoms with E-state index in [1.165, 1.54) is 5.56 Å². The highest BCUT2D eigenvalue weighted by Crippen LogP contribution is 2.15. The zero-order chi connectivity index (χ0) is 13.0. The number of rotatable bonds is 5. The molecule has 4 heteroatoms. The van der Waals surface area contributed by atoms with Gasteiger partial charge in [-0.05, 0) is 30.5 Å². The van der Waals surface area contributed by atoms with Gasteiger partial charge in [0.25, 0.3) is 0 Å². The Kier molecular flexibility index (Phi) is 4.10. The summed E-state index contributed by atoms with van der Waals surface area (Å²) in [5.74, 6) is 0. The Morgan fingerprint density at radius 2 is 2.17 bits per heavy atom. The minimum Gasteiger partial charge on any atom is -0.323 e. The molecule has 0 bridgehead atoms. The maximum atomic E-state index is 6.04. The molecule has 0 aliphatic carbocycles. The molecule has 0 amide bonds. The van der Waals surface area contributed by atoms with Crippen molar-refractivity contribution in [3.05, 3.63) is 41.7 Å². The highest BCUT2D eigenvalue weighted by molar-refractivity contribution is 5.35. The normalized spacial score (nSPS) is 12.6. The molecule has 0 aliphatic rings. The quantitative estimate of drug-likeness (QED) is 0.879. The summed E-state index contributed by atoms with van der Waals surface area (Å²) in [5, 5.41) is 8.31. The van der Waals surface area contributed by atoms with E-state index in [0.29, 0.717) is 0 Å². The van der Waals surface area contributed by atoms with Crippen molar-refractivity contribution >= 4 is 0 Å². The molecule has 1 aromatic heterocycles. The van der Waals surface area contributed by atoms with Crippen LogP contribution in [0.15, 0.2) is 30.5 Å². The summed E-state index contributed by atoms with van der Waals surface area (Å²) in [6.45, 7) is 4.26. The fraction of sp³-hybridized carbons (Fsp3) is 0.429. The first-order chi connectivity index (χ1) is 8.74. The number of aromatic nitrogens is 3. The summed E-state index contributed by atoms with van der Waals surface area (Å²) in [6.07, 6.45) is 4.94. The molecule has 18 heavy (non-hydrogen) atoms. The lowest BCUT2D eigenvalue weighted by molar-refractivity contribution is 0.619. The van der Waals surface area contributed by atoms with Gasteiger partial charge in [0, 0.05) is 0 Å². The van der Waals surface area contributed by atoms with Crippen LogP contribution < -0.4 is 5.73 Å². The molecule has 0 aliphatic heterocycles. The molecular formula is C14H20N4. The highest BCUT2D eigenvalue weighted by atomic mass is 15.4. The number of aryl methyl sites for hydroxylation is 1. The van der Waals surface area contributed by atoms with E-state index < -0.39 is 0 Å². The Morgan fingerprint density at radius 3 is 2.89 bits per heavy atom. The molecule has 0 radical (unpaired) electrons. The van der Waals surface area contributed by atoms with Crippen molar-refractivity contribution in [3.63, 3.8) is 0 Å². The molecule has 2 aromatic rings. The average molecular weight is 244 g/mol. The van der Waals surface area contributed by atoms with Crippen molar-refractivity contribution in [1.82, 2.24) is 15.0 Å². The van der Waals surface area contributed by atoms with Gasteiger partial charge >= 0.3 is 0 Å². The van der Waals surface area contributed by atoms with E-state index in [2.05, 4.69) is 36.3 Å². The van der Waals surface area contributed by atoms with Gasteiger partial charge < -0.3 is 5.73 Å². The molecule has 2 rings (SSSR count). The fourth-order valence-corrected chi connectivity index (χ4v) is 1.95. The van der Waals surface area contributed by atoms with E-state index in [-0.39, 0.29) is 6.04 Å². The number of hydrogen-bond acceptors (Lipinski definition) is 3. The van der Waals surface area contributed by atoms with Gasteiger partial charge in [-0.3, -0.25) is 0 Å². The van der Waals surface area contributed by atoms with Crippen LogP contribution in [-0.2, 0) is 6.42 Å². The second-order valence-electron chi connectivity index (χ2n) is 4.51. The van der Waals surface area contributed by atoms with Crippen molar-refractivity contribution in [1.29, 1.82) is 0 Å². The van der Waals surface area contributed by atoms with Gasteiger partial charge in [-0.1, -0.05) is 37.6 Å². The Bertz CT molecular complexity index is 504. The van der Waals surface area contributed by atoms with Crippen LogP contribution in [0.2, 0.25) is 0 Å². The standard InChI is InChI=1S/C14H20N4/c1-3-6-13(15)14-10-18(17-16-14)12-8-5-7-11(4-2)9-12/h5,7-10,13H,3-4,6,15H2,1-2H3. The molecule has 2 N–H and O–H groups in total. The van der Waals surface area contributed by atoms with E-state index in [4.69, 9.17) is 5.73 Å². The maximum absolute atomic E-state index is 6.04. The summed E-state index contributed by atoms with van der Waals surface area (Å²) in [7, 11) is 0. The monoisotopic (exact) mass is 244 g/mol. The molecule has 0 fully saturated rings. The number of nitrogens with zero attached hydrogens (tertiary/aromatic N) is 3. The SMILES string of the molecule is CCCC(N)c1cn(-c2cccc(CC)c2)nn1. The topological polar surface area (TPSA) is 56.7 Å². The third-order valence-electron chi connectivity index (χ3n) is 3.07. The molecule has 0 saturated carbocycles. The highest BCUT2D eigenvalue weighted by Gasteiger charge is 2.10. The summed E-state index contributed by atoms with van der Waals surface area (Å²) in [4.78, 5) is 0. The zero-order valence-electron chi connectivity index (χ0n) is 11.0. The summed E-state index contributed by atoms with van der Waals surface area (Å²) in [6, 6.07) is 8.30. The van der Waals surface area contributed by atoms with E-state index in [0.717, 1.165) is 30.6 Å². The van der Waals surface area contributed by atoms with Gasteiger partial charge in [0.1, 0.15) is 0 Å². The Hall–Kier alpha value is -1.68. The molecule has 1 unspecified atom stereocenters. The minimum absolute atomic E-state index is 0.0156. The van der Waals surface area contributed by atoms with Crippen LogP contribution >= 0.6 is 0 Å². The maximum Gasteiger partial charge on any atom is 0.0998 e. The van der Waals surface area contributed by atoms with Crippen LogP contribution in [-0.4, -0.2) is 15.0 Å². The van der Waals surface area contributed by atoms with Crippen LogP contribution in [0, 0.1) is 0 Å². The number of nitrogens with two attached hydrogens (primary N) is 1. The fourth-order valence-electron chi connectivity index (χ4n) is 1.95. The molecule has 1 heterocycles. The smallest absolute Gasteiger partial charge is 0.0998 e. The van der Waals surface area contributed by atoms with E-state index in [9.17, 15) is 0 Å². The van der Waals surface area contributed by atoms with Crippen LogP contribution in [0.5, 0.6) is 0 Å². The number of benzene rings is 1. The first-order valence-corrected chi connectivity index (χ1v) is 6.51. The molecule has 1 atom stereocenters. The molecular weight excluding hydrogens is 224 g/mol. The van der Waals surface area contributed by atoms with Gasteiger partial charge in [0.05, 0.1) is 23.6 Å². The lowest BCUT2D eigenvalue weighted by Gasteiger charge is -2.05. The minimum atomic E-state index is -0.0156. The third kappa shape index (κ3) is 2.76. The second-order valence-corrected chi connectivity index (χ2v) is 4.51.